The van der Waals surface area contributed by atoms with E-state index in [9.17, 15) is 43.2 Å². The van der Waals surface area contributed by atoms with E-state index in [1.54, 1.807) is 0 Å². The highest BCUT2D eigenvalue weighted by atomic mass is 16.6. The Morgan fingerprint density at radius 1 is 0.566 bits per heavy atom. The number of hydrazine groups is 1. The molecule has 1 aliphatic heterocycles. The van der Waals surface area contributed by atoms with E-state index in [2.05, 4.69) is 52.5 Å². The summed E-state index contributed by atoms with van der Waals surface area (Å²) in [7, 11) is 2.56. The summed E-state index contributed by atoms with van der Waals surface area (Å²) in [5.41, 5.74) is 14.2. The number of amides is 3. The molecule has 1 aliphatic rings. The monoisotopic (exact) mass is 1090 g/mol. The van der Waals surface area contributed by atoms with E-state index in [1.165, 1.54) is 19.8 Å². The zero-order valence-electron chi connectivity index (χ0n) is 47.8. The Kier molecular flexibility index (Phi) is 46.8. The highest BCUT2D eigenvalue weighted by molar-refractivity contribution is 5.88. The first kappa shape index (κ1) is 76.6. The first-order valence-corrected chi connectivity index (χ1v) is 26.0. The number of carbonyl (C=O) groups is 9. The zero-order chi connectivity index (χ0) is 59.5. The number of ether oxygens (including phenoxy) is 3. The molecule has 0 aliphatic carbocycles. The Bertz CT molecular complexity index is 1720. The molecule has 2 rings (SSSR count). The van der Waals surface area contributed by atoms with Gasteiger partial charge < -0.3 is 56.7 Å². The lowest BCUT2D eigenvalue weighted by Crippen LogP contribution is -2.32. The fraction of sp³-hybridized carbons (Fsp3) is 0.722. The van der Waals surface area contributed by atoms with Crippen LogP contribution in [0.15, 0.2) is 30.3 Å². The van der Waals surface area contributed by atoms with Crippen LogP contribution < -0.4 is 33.4 Å². The fourth-order valence-electron chi connectivity index (χ4n) is 7.90. The minimum atomic E-state index is -0.875. The zero-order valence-corrected chi connectivity index (χ0v) is 47.8. The Labute approximate surface area is 452 Å². The summed E-state index contributed by atoms with van der Waals surface area (Å²) in [5, 5.41) is 39.5. The van der Waals surface area contributed by atoms with E-state index in [-0.39, 0.29) is 85.6 Å². The van der Waals surface area contributed by atoms with Crippen molar-refractivity contribution < 1.29 is 77.8 Å². The molecular weight excluding hydrogens is 989 g/mol. The Hall–Kier alpha value is -5.87. The highest BCUT2D eigenvalue weighted by Gasteiger charge is 2.27. The van der Waals surface area contributed by atoms with Crippen LogP contribution in [0.5, 0.6) is 0 Å². The summed E-state index contributed by atoms with van der Waals surface area (Å²) in [6.07, 6.45) is 4.43. The molecule has 1 fully saturated rings. The van der Waals surface area contributed by atoms with Crippen molar-refractivity contribution in [2.45, 2.75) is 159 Å². The fourth-order valence-corrected chi connectivity index (χ4v) is 7.90. The predicted molar refractivity (Wildman–Crippen MR) is 290 cm³/mol. The third kappa shape index (κ3) is 53.0. The van der Waals surface area contributed by atoms with Gasteiger partial charge in [-0.3, -0.25) is 39.0 Å². The van der Waals surface area contributed by atoms with Gasteiger partial charge >= 0.3 is 48.0 Å². The first-order valence-electron chi connectivity index (χ1n) is 26.0. The molecule has 1 aromatic rings. The molecule has 1 saturated heterocycles. The molecule has 0 spiro atoms. The second-order valence-corrected chi connectivity index (χ2v) is 21.1. The number of benzene rings is 1. The first-order chi connectivity index (χ1) is 35.3. The molecule has 22 nitrogen and oxygen atoms in total. The molecular formula is C54H98N6O16. The van der Waals surface area contributed by atoms with Gasteiger partial charge in [0.25, 0.3) is 0 Å². The molecule has 0 aromatic heterocycles. The van der Waals surface area contributed by atoms with E-state index in [4.69, 9.17) is 37.7 Å². The SMILES string of the molecule is CC(C)CC(CC(=O)O)CC(=O)NN.CC(C)CC1CC(=O)OC(=O)C1.CC(C)C[C@H](CN)CC(=O)O.COC(=O)NCC(CC(=O)O)CC(C)C.COC(=O)NC[C@H](CC(=O)O)CC(C)C.C[C@H](N)c1ccccc1. The smallest absolute Gasteiger partial charge is 0.406 e. The standard InChI is InChI=1S/2C10H19NO4.C9H18N2O3.C9H14O3.C8H17NO2.C8H11N/c2*1-7(2)4-8(5-9(12)13)6-11-10(14)15-3;1-6(2)3-7(5-9(13)14)4-8(12)11-10;1-6(2)3-7-4-8(10)12-9(11)5-7;1-6(2)3-7(5-9)4-8(10)11;1-7(9)8-5-3-2-4-6-8/h2*7-8H,4-6H2,1-3H3,(H,11,14)(H,12,13);6-7H,3-5,10H2,1-2H3,(H,11,12)(H,13,14);6-7H,3-5H2,1-2H3;6-7H,3-5,9H2,1-2H3,(H,10,11);2-7H,9H2,1H3/t8-;;;;2*7-/m0...00/s1. The minimum Gasteiger partial charge on any atom is -0.481 e. The number of carboxylic acid groups (broad SMARTS) is 4. The molecule has 22 heteroatoms. The van der Waals surface area contributed by atoms with Crippen LogP contribution in [-0.4, -0.2) is 108 Å². The van der Waals surface area contributed by atoms with Gasteiger partial charge in [-0.25, -0.2) is 15.4 Å². The van der Waals surface area contributed by atoms with E-state index in [0.29, 0.717) is 62.1 Å². The van der Waals surface area contributed by atoms with Crippen molar-refractivity contribution in [3.63, 3.8) is 0 Å². The van der Waals surface area contributed by atoms with E-state index in [0.717, 1.165) is 32.1 Å². The van der Waals surface area contributed by atoms with Crippen LogP contribution in [0, 0.1) is 59.2 Å². The summed E-state index contributed by atoms with van der Waals surface area (Å²) in [6.45, 7) is 23.5. The van der Waals surface area contributed by atoms with Gasteiger partial charge in [0, 0.05) is 64.1 Å². The average molecular weight is 1090 g/mol. The van der Waals surface area contributed by atoms with Crippen molar-refractivity contribution in [2.24, 2.45) is 76.5 Å². The summed E-state index contributed by atoms with van der Waals surface area (Å²) < 4.78 is 13.2. The molecule has 76 heavy (non-hydrogen) atoms. The number of hydrogen-bond acceptors (Lipinski definition) is 15. The Balaban J connectivity index is -0.000000412. The normalized spacial score (nSPS) is 13.8. The maximum absolute atomic E-state index is 11.0. The van der Waals surface area contributed by atoms with Crippen LogP contribution in [0.1, 0.15) is 165 Å². The maximum atomic E-state index is 11.0. The number of carboxylic acids is 4. The lowest BCUT2D eigenvalue weighted by Gasteiger charge is -2.20. The molecule has 1 aromatic carbocycles. The van der Waals surface area contributed by atoms with Crippen molar-refractivity contribution in [3.05, 3.63) is 35.9 Å². The number of esters is 2. The predicted octanol–water partition coefficient (Wildman–Crippen LogP) is 7.76. The van der Waals surface area contributed by atoms with Crippen molar-refractivity contribution in [1.29, 1.82) is 0 Å². The number of aliphatic carboxylic acids is 4. The van der Waals surface area contributed by atoms with Crippen molar-refractivity contribution >= 4 is 53.9 Å². The highest BCUT2D eigenvalue weighted by Crippen LogP contribution is 2.24. The van der Waals surface area contributed by atoms with E-state index < -0.39 is 36.1 Å². The Morgan fingerprint density at radius 2 is 0.908 bits per heavy atom. The molecule has 2 unspecified atom stereocenters. The number of alkyl carbamates (subject to hydrolysis) is 2. The summed E-state index contributed by atoms with van der Waals surface area (Å²) in [5.74, 6) is 3.01. The van der Waals surface area contributed by atoms with E-state index >= 15 is 0 Å². The van der Waals surface area contributed by atoms with Crippen LogP contribution in [0.4, 0.5) is 9.59 Å². The minimum absolute atomic E-state index is 0.0194. The molecule has 0 saturated carbocycles. The van der Waals surface area contributed by atoms with Crippen molar-refractivity contribution in [1.82, 2.24) is 16.1 Å². The van der Waals surface area contributed by atoms with Gasteiger partial charge in [0.15, 0.2) is 0 Å². The van der Waals surface area contributed by atoms with Gasteiger partial charge in [-0.1, -0.05) is 99.6 Å². The third-order valence-corrected chi connectivity index (χ3v) is 10.7. The maximum Gasteiger partial charge on any atom is 0.406 e. The van der Waals surface area contributed by atoms with Crippen LogP contribution in [0.3, 0.4) is 0 Å². The second-order valence-electron chi connectivity index (χ2n) is 21.1. The molecule has 13 N–H and O–H groups in total. The number of carbonyl (C=O) groups excluding carboxylic acids is 5. The third-order valence-electron chi connectivity index (χ3n) is 10.7. The van der Waals surface area contributed by atoms with Gasteiger partial charge in [0.1, 0.15) is 0 Å². The Morgan fingerprint density at radius 3 is 1.20 bits per heavy atom. The average Bonchev–Trinajstić information content (AvgIpc) is 3.28. The number of hydrogen-bond donors (Lipinski definition) is 10. The quantitative estimate of drug-likeness (QED) is 0.0106. The van der Waals surface area contributed by atoms with Crippen LogP contribution >= 0.6 is 0 Å². The molecule has 0 radical (unpaired) electrons. The summed E-state index contributed by atoms with van der Waals surface area (Å²) in [6, 6.07) is 10.2. The molecule has 3 amide bonds. The summed E-state index contributed by atoms with van der Waals surface area (Å²) in [4.78, 5) is 96.1. The van der Waals surface area contributed by atoms with Crippen LogP contribution in [0.2, 0.25) is 0 Å². The number of cyclic esters (lactones) is 2. The van der Waals surface area contributed by atoms with Crippen LogP contribution in [-0.2, 0) is 47.8 Å². The molecule has 5 atom stereocenters. The summed E-state index contributed by atoms with van der Waals surface area (Å²) >= 11 is 0. The van der Waals surface area contributed by atoms with Gasteiger partial charge in [-0.05, 0) is 110 Å². The molecule has 0 bridgehead atoms. The van der Waals surface area contributed by atoms with Crippen molar-refractivity contribution in [3.8, 4) is 0 Å². The second kappa shape index (κ2) is 46.4. The van der Waals surface area contributed by atoms with Gasteiger partial charge in [0.05, 0.1) is 14.2 Å². The molecule has 1 heterocycles. The number of methoxy groups -OCH3 is 2. The van der Waals surface area contributed by atoms with E-state index in [1.807, 2.05) is 84.2 Å². The lowest BCUT2D eigenvalue weighted by molar-refractivity contribution is -0.166. The molecule has 440 valence electrons. The number of nitrogens with two attached hydrogens (primary N) is 3. The van der Waals surface area contributed by atoms with Gasteiger partial charge in [-0.2, -0.15) is 0 Å². The largest absolute Gasteiger partial charge is 0.481 e. The lowest BCUT2D eigenvalue weighted by atomic mass is 9.90. The van der Waals surface area contributed by atoms with Gasteiger partial charge in [-0.15, -0.1) is 0 Å². The number of rotatable bonds is 26. The number of nitrogens with one attached hydrogen (secondary N) is 3. The van der Waals surface area contributed by atoms with Crippen LogP contribution in [0.25, 0.3) is 0 Å². The van der Waals surface area contributed by atoms with Gasteiger partial charge in [0.2, 0.25) is 5.91 Å². The topological polar surface area (TPSA) is 376 Å². The van der Waals surface area contributed by atoms with Crippen molar-refractivity contribution in [2.75, 3.05) is 33.9 Å².